The van der Waals surface area contributed by atoms with Gasteiger partial charge in [0.2, 0.25) is 5.88 Å². The molecule has 1 aliphatic carbocycles. The molecule has 0 unspecified atom stereocenters. The number of methoxy groups -OCH3 is 1. The molecule has 1 aromatic carbocycles. The second-order valence-corrected chi connectivity index (χ2v) is 6.74. The molecular weight excluding hydrogens is 378 g/mol. The van der Waals surface area contributed by atoms with Crippen LogP contribution in [0.15, 0.2) is 42.2 Å². The molecule has 0 bridgehead atoms. The Hall–Kier alpha value is -2.82. The van der Waals surface area contributed by atoms with E-state index in [0.29, 0.717) is 23.6 Å². The molecule has 0 aliphatic heterocycles. The number of carbonyl (C=O) groups is 1. The topological polar surface area (TPSA) is 57.7 Å². The molecule has 0 saturated heterocycles. The lowest BCUT2D eigenvalue weighted by Gasteiger charge is -2.28. The van der Waals surface area contributed by atoms with E-state index in [2.05, 4.69) is 11.1 Å². The largest absolute Gasteiger partial charge is 0.480 e. The molecule has 1 saturated carbocycles. The van der Waals surface area contributed by atoms with Crippen molar-refractivity contribution in [3.8, 4) is 11.6 Å². The summed E-state index contributed by atoms with van der Waals surface area (Å²) in [6.07, 6.45) is 9.31. The predicted octanol–water partition coefficient (Wildman–Crippen LogP) is 6.57. The van der Waals surface area contributed by atoms with Gasteiger partial charge in [-0.1, -0.05) is 38.5 Å². The summed E-state index contributed by atoms with van der Waals surface area (Å²) in [5.74, 6) is 1.77. The SMILES string of the molecule is C/C=C\C(=C/C)Oc1c(C2CCC2)ccc2cc(C(=O)OCC)c(OC)nc12.CC. The first-order valence-electron chi connectivity index (χ1n) is 10.8. The molecule has 1 heterocycles. The molecule has 0 atom stereocenters. The van der Waals surface area contributed by atoms with Crippen LogP contribution >= 0.6 is 0 Å². The van der Waals surface area contributed by atoms with Crippen molar-refractivity contribution in [2.45, 2.75) is 59.8 Å². The van der Waals surface area contributed by atoms with E-state index in [1.54, 1.807) is 13.0 Å². The van der Waals surface area contributed by atoms with Crippen molar-refractivity contribution >= 4 is 16.9 Å². The summed E-state index contributed by atoms with van der Waals surface area (Å²) >= 11 is 0. The molecule has 30 heavy (non-hydrogen) atoms. The van der Waals surface area contributed by atoms with Gasteiger partial charge in [0.05, 0.1) is 13.7 Å². The summed E-state index contributed by atoms with van der Waals surface area (Å²) in [6, 6.07) is 5.85. The molecule has 0 amide bonds. The number of esters is 1. The smallest absolute Gasteiger partial charge is 0.343 e. The Bertz CT molecular complexity index is 926. The zero-order valence-corrected chi connectivity index (χ0v) is 19.0. The van der Waals surface area contributed by atoms with Gasteiger partial charge in [-0.25, -0.2) is 9.78 Å². The highest BCUT2D eigenvalue weighted by Crippen LogP contribution is 2.44. The quantitative estimate of drug-likeness (QED) is 0.293. The van der Waals surface area contributed by atoms with Crippen LogP contribution < -0.4 is 9.47 Å². The number of hydrogen-bond donors (Lipinski definition) is 0. The van der Waals surface area contributed by atoms with Crippen LogP contribution in [0.2, 0.25) is 0 Å². The molecule has 1 fully saturated rings. The average Bonchev–Trinajstić information content (AvgIpc) is 2.74. The number of pyridine rings is 1. The fourth-order valence-electron chi connectivity index (χ4n) is 3.34. The fourth-order valence-corrected chi connectivity index (χ4v) is 3.34. The number of fused-ring (bicyclic) bond motifs is 1. The number of aromatic nitrogens is 1. The molecule has 1 aliphatic rings. The van der Waals surface area contributed by atoms with Crippen molar-refractivity contribution in [2.75, 3.05) is 13.7 Å². The number of rotatable bonds is 7. The van der Waals surface area contributed by atoms with E-state index in [4.69, 9.17) is 14.2 Å². The first-order valence-corrected chi connectivity index (χ1v) is 10.8. The summed E-state index contributed by atoms with van der Waals surface area (Å²) in [7, 11) is 1.50. The maximum absolute atomic E-state index is 12.3. The van der Waals surface area contributed by atoms with Crippen LogP contribution in [-0.2, 0) is 4.74 Å². The predicted molar refractivity (Wildman–Crippen MR) is 121 cm³/mol. The van der Waals surface area contributed by atoms with E-state index in [9.17, 15) is 4.79 Å². The van der Waals surface area contributed by atoms with Crippen LogP contribution in [0.4, 0.5) is 0 Å². The monoisotopic (exact) mass is 411 g/mol. The molecule has 2 aromatic rings. The van der Waals surface area contributed by atoms with Crippen molar-refractivity contribution in [3.63, 3.8) is 0 Å². The van der Waals surface area contributed by atoms with Gasteiger partial charge in [0.25, 0.3) is 0 Å². The lowest BCUT2D eigenvalue weighted by atomic mass is 9.79. The third-order valence-corrected chi connectivity index (χ3v) is 5.01. The molecule has 3 rings (SSSR count). The number of benzene rings is 1. The minimum absolute atomic E-state index is 0.245. The first-order chi connectivity index (χ1) is 14.6. The Kier molecular flexibility index (Phi) is 8.90. The van der Waals surface area contributed by atoms with Crippen molar-refractivity contribution in [3.05, 3.63) is 53.3 Å². The number of ether oxygens (including phenoxy) is 3. The lowest BCUT2D eigenvalue weighted by molar-refractivity contribution is 0.0522. The summed E-state index contributed by atoms with van der Waals surface area (Å²) < 4.78 is 16.8. The van der Waals surface area contributed by atoms with Gasteiger partial charge in [-0.15, -0.1) is 0 Å². The highest BCUT2D eigenvalue weighted by molar-refractivity contribution is 5.98. The third-order valence-electron chi connectivity index (χ3n) is 5.01. The van der Waals surface area contributed by atoms with Gasteiger partial charge in [-0.3, -0.25) is 0 Å². The number of hydrogen-bond acceptors (Lipinski definition) is 5. The molecule has 5 nitrogen and oxygen atoms in total. The molecule has 162 valence electrons. The van der Waals surface area contributed by atoms with Crippen molar-refractivity contribution in [2.24, 2.45) is 0 Å². The van der Waals surface area contributed by atoms with E-state index in [-0.39, 0.29) is 5.88 Å². The minimum Gasteiger partial charge on any atom is -0.480 e. The van der Waals surface area contributed by atoms with Crippen molar-refractivity contribution in [1.82, 2.24) is 4.98 Å². The zero-order valence-electron chi connectivity index (χ0n) is 19.0. The molecule has 0 radical (unpaired) electrons. The van der Waals surface area contributed by atoms with Gasteiger partial charge in [0.15, 0.2) is 5.75 Å². The van der Waals surface area contributed by atoms with Gasteiger partial charge < -0.3 is 14.2 Å². The molecule has 5 heteroatoms. The first kappa shape index (κ1) is 23.5. The Labute approximate surface area is 179 Å². The Morgan fingerprint density at radius 2 is 1.97 bits per heavy atom. The third kappa shape index (κ3) is 5.02. The highest BCUT2D eigenvalue weighted by atomic mass is 16.5. The fraction of sp³-hybridized carbons (Fsp3) is 0.440. The average molecular weight is 412 g/mol. The van der Waals surface area contributed by atoms with Crippen LogP contribution in [0, 0.1) is 0 Å². The van der Waals surface area contributed by atoms with Crippen LogP contribution in [-0.4, -0.2) is 24.7 Å². The molecule has 1 aromatic heterocycles. The van der Waals surface area contributed by atoms with Crippen molar-refractivity contribution < 1.29 is 19.0 Å². The van der Waals surface area contributed by atoms with E-state index in [1.165, 1.54) is 13.5 Å². The number of nitrogens with zero attached hydrogens (tertiary/aromatic N) is 1. The standard InChI is InChI=1S/C23H27NO4.C2H6/c1-5-9-17(6-2)28-21-18(15-10-8-11-15)13-12-16-14-19(23(25)27-7-3)22(26-4)24-20(16)21;1-2/h5-6,9,12-15H,7-8,10-11H2,1-4H3;1-2H3/b9-5-,17-6+;. The van der Waals surface area contributed by atoms with Crippen LogP contribution in [0.3, 0.4) is 0 Å². The van der Waals surface area contributed by atoms with Gasteiger partial charge in [0.1, 0.15) is 16.8 Å². The summed E-state index contributed by atoms with van der Waals surface area (Å²) in [6.45, 7) is 9.96. The molecular formula is C25H33NO4. The van der Waals surface area contributed by atoms with Gasteiger partial charge in [0, 0.05) is 10.9 Å². The van der Waals surface area contributed by atoms with E-state index in [0.717, 1.165) is 35.3 Å². The van der Waals surface area contributed by atoms with Crippen LogP contribution in [0.1, 0.15) is 75.7 Å². The maximum atomic E-state index is 12.3. The van der Waals surface area contributed by atoms with E-state index in [1.807, 2.05) is 52.0 Å². The molecule has 0 N–H and O–H groups in total. The number of allylic oxidation sites excluding steroid dienone is 3. The minimum atomic E-state index is -0.442. The lowest BCUT2D eigenvalue weighted by Crippen LogP contribution is -2.12. The second-order valence-electron chi connectivity index (χ2n) is 6.74. The highest BCUT2D eigenvalue weighted by Gasteiger charge is 2.26. The summed E-state index contributed by atoms with van der Waals surface area (Å²) in [5, 5.41) is 0.817. The van der Waals surface area contributed by atoms with Crippen LogP contribution in [0.5, 0.6) is 11.6 Å². The van der Waals surface area contributed by atoms with Gasteiger partial charge in [-0.2, -0.15) is 0 Å². The van der Waals surface area contributed by atoms with E-state index >= 15 is 0 Å². The van der Waals surface area contributed by atoms with Gasteiger partial charge >= 0.3 is 5.97 Å². The Morgan fingerprint density at radius 3 is 2.50 bits per heavy atom. The summed E-state index contributed by atoms with van der Waals surface area (Å²) in [5.41, 5.74) is 2.16. The maximum Gasteiger partial charge on any atom is 0.343 e. The van der Waals surface area contributed by atoms with Gasteiger partial charge in [-0.05, 0) is 57.7 Å². The Balaban J connectivity index is 0.00000155. The van der Waals surface area contributed by atoms with E-state index < -0.39 is 5.97 Å². The zero-order chi connectivity index (χ0) is 22.1. The molecule has 0 spiro atoms. The normalized spacial score (nSPS) is 14.1. The van der Waals surface area contributed by atoms with Crippen LogP contribution in [0.25, 0.3) is 10.9 Å². The summed E-state index contributed by atoms with van der Waals surface area (Å²) in [4.78, 5) is 16.9. The van der Waals surface area contributed by atoms with Crippen molar-refractivity contribution in [1.29, 1.82) is 0 Å². The Morgan fingerprint density at radius 1 is 1.23 bits per heavy atom. The second kappa shape index (κ2) is 11.4. The number of carbonyl (C=O) groups excluding carboxylic acids is 1.